The van der Waals surface area contributed by atoms with Crippen molar-refractivity contribution >= 4 is 5.97 Å². The summed E-state index contributed by atoms with van der Waals surface area (Å²) in [6, 6.07) is -0.562. The number of carbonyl (C=O) groups is 1. The van der Waals surface area contributed by atoms with Crippen LogP contribution in [-0.2, 0) is 4.79 Å². The molecule has 0 rings (SSSR count). The molecule has 0 heterocycles. The van der Waals surface area contributed by atoms with E-state index in [1.807, 2.05) is 0 Å². The summed E-state index contributed by atoms with van der Waals surface area (Å²) in [6.45, 7) is 1.72. The number of halogens is 3. The van der Waals surface area contributed by atoms with Gasteiger partial charge in [0.25, 0.3) is 0 Å². The van der Waals surface area contributed by atoms with E-state index >= 15 is 0 Å². The van der Waals surface area contributed by atoms with Gasteiger partial charge in [-0.15, -0.1) is 0 Å². The Morgan fingerprint density at radius 2 is 1.94 bits per heavy atom. The van der Waals surface area contributed by atoms with Gasteiger partial charge in [0.1, 0.15) is 5.54 Å². The second-order valence-corrected chi connectivity index (χ2v) is 4.31. The molecule has 0 aromatic heterocycles. The van der Waals surface area contributed by atoms with Crippen LogP contribution in [0.3, 0.4) is 0 Å². The van der Waals surface area contributed by atoms with Crippen LogP contribution in [0.5, 0.6) is 0 Å². The summed E-state index contributed by atoms with van der Waals surface area (Å²) in [5, 5.41) is 8.74. The quantitative estimate of drug-likeness (QED) is 0.756. The molecular formula is C9H17F3N2O2. The summed E-state index contributed by atoms with van der Waals surface area (Å²) in [7, 11) is 1.29. The first-order valence-electron chi connectivity index (χ1n) is 4.75. The highest BCUT2D eigenvalue weighted by Gasteiger charge is 2.35. The maximum atomic E-state index is 12.1. The summed E-state index contributed by atoms with van der Waals surface area (Å²) in [5.74, 6) is -1.22. The molecule has 0 bridgehead atoms. The van der Waals surface area contributed by atoms with Crippen molar-refractivity contribution in [3.8, 4) is 0 Å². The molecule has 0 fully saturated rings. The van der Waals surface area contributed by atoms with Crippen LogP contribution in [0.4, 0.5) is 13.2 Å². The van der Waals surface area contributed by atoms with Gasteiger partial charge in [-0.25, -0.2) is 0 Å². The van der Waals surface area contributed by atoms with E-state index < -0.39 is 30.3 Å². The van der Waals surface area contributed by atoms with Gasteiger partial charge in [0, 0.05) is 6.04 Å². The molecule has 0 radical (unpaired) electrons. The summed E-state index contributed by atoms with van der Waals surface area (Å²) < 4.78 is 36.2. The number of rotatable bonds is 5. The molecule has 96 valence electrons. The largest absolute Gasteiger partial charge is 0.480 e. The SMILES string of the molecule is CC(CC(C)(N)C(=O)O)N(C)CC(F)(F)F. The summed E-state index contributed by atoms with van der Waals surface area (Å²) >= 11 is 0. The average Bonchev–Trinajstić information content (AvgIpc) is 1.99. The van der Waals surface area contributed by atoms with Gasteiger partial charge in [0.15, 0.2) is 0 Å². The molecule has 0 saturated heterocycles. The van der Waals surface area contributed by atoms with Crippen LogP contribution in [0.2, 0.25) is 0 Å². The standard InChI is InChI=1S/C9H17F3N2O2/c1-6(4-8(2,13)7(15)16)14(3)5-9(10,11)12/h6H,4-5,13H2,1-3H3,(H,15,16). The molecule has 4 nitrogen and oxygen atoms in total. The van der Waals surface area contributed by atoms with Crippen LogP contribution in [0.15, 0.2) is 0 Å². The van der Waals surface area contributed by atoms with Crippen LogP contribution in [0.25, 0.3) is 0 Å². The molecule has 0 aliphatic rings. The number of alkyl halides is 3. The summed E-state index contributed by atoms with van der Waals surface area (Å²) in [4.78, 5) is 11.7. The molecule has 2 unspecified atom stereocenters. The Bertz CT molecular complexity index is 254. The fourth-order valence-electron chi connectivity index (χ4n) is 1.30. The van der Waals surface area contributed by atoms with Crippen LogP contribution in [-0.4, -0.2) is 47.3 Å². The Balaban J connectivity index is 4.36. The topological polar surface area (TPSA) is 66.6 Å². The normalized spacial score (nSPS) is 18.2. The molecule has 3 N–H and O–H groups in total. The number of carboxylic acids is 1. The maximum absolute atomic E-state index is 12.1. The fraction of sp³-hybridized carbons (Fsp3) is 0.889. The smallest absolute Gasteiger partial charge is 0.401 e. The fourth-order valence-corrected chi connectivity index (χ4v) is 1.30. The predicted octanol–water partition coefficient (Wildman–Crippen LogP) is 1.06. The Hall–Kier alpha value is -0.820. The molecule has 0 aliphatic heterocycles. The average molecular weight is 242 g/mol. The van der Waals surface area contributed by atoms with E-state index in [4.69, 9.17) is 10.8 Å². The molecule has 0 aliphatic carbocycles. The minimum Gasteiger partial charge on any atom is -0.480 e. The summed E-state index contributed by atoms with van der Waals surface area (Å²) in [6.07, 6.45) is -4.34. The Labute approximate surface area is 92.2 Å². The van der Waals surface area contributed by atoms with Crippen molar-refractivity contribution in [2.45, 2.75) is 38.0 Å². The predicted molar refractivity (Wildman–Crippen MR) is 53.0 cm³/mol. The van der Waals surface area contributed by atoms with Crippen LogP contribution in [0.1, 0.15) is 20.3 Å². The number of nitrogens with two attached hydrogens (primary N) is 1. The molecule has 7 heteroatoms. The van der Waals surface area contributed by atoms with Gasteiger partial charge in [0.05, 0.1) is 6.54 Å². The zero-order valence-electron chi connectivity index (χ0n) is 9.51. The lowest BCUT2D eigenvalue weighted by Crippen LogP contribution is -2.50. The molecular weight excluding hydrogens is 225 g/mol. The molecule has 0 aromatic rings. The van der Waals surface area contributed by atoms with E-state index in [-0.39, 0.29) is 6.42 Å². The van der Waals surface area contributed by atoms with Gasteiger partial charge in [-0.3, -0.25) is 9.69 Å². The molecule has 0 amide bonds. The number of nitrogens with zero attached hydrogens (tertiary/aromatic N) is 1. The second kappa shape index (κ2) is 5.01. The van der Waals surface area contributed by atoms with Crippen LogP contribution in [0, 0.1) is 0 Å². The van der Waals surface area contributed by atoms with Crippen LogP contribution >= 0.6 is 0 Å². The molecule has 0 saturated carbocycles. The van der Waals surface area contributed by atoms with E-state index in [2.05, 4.69) is 0 Å². The number of hydrogen-bond donors (Lipinski definition) is 2. The van der Waals surface area contributed by atoms with Gasteiger partial charge >= 0.3 is 12.1 Å². The zero-order valence-corrected chi connectivity index (χ0v) is 9.51. The lowest BCUT2D eigenvalue weighted by molar-refractivity contribution is -0.149. The van der Waals surface area contributed by atoms with Gasteiger partial charge in [0.2, 0.25) is 0 Å². The number of aliphatic carboxylic acids is 1. The highest BCUT2D eigenvalue weighted by Crippen LogP contribution is 2.19. The first-order valence-corrected chi connectivity index (χ1v) is 4.75. The van der Waals surface area contributed by atoms with E-state index in [1.165, 1.54) is 20.9 Å². The van der Waals surface area contributed by atoms with Crippen LogP contribution < -0.4 is 5.73 Å². The lowest BCUT2D eigenvalue weighted by atomic mass is 9.94. The first-order chi connectivity index (χ1) is 6.96. The Kier molecular flexibility index (Phi) is 4.75. The maximum Gasteiger partial charge on any atom is 0.401 e. The van der Waals surface area contributed by atoms with Crippen molar-refractivity contribution < 1.29 is 23.1 Å². The van der Waals surface area contributed by atoms with Crippen molar-refractivity contribution in [3.05, 3.63) is 0 Å². The van der Waals surface area contributed by atoms with Crippen molar-refractivity contribution in [1.29, 1.82) is 0 Å². The second-order valence-electron chi connectivity index (χ2n) is 4.31. The molecule has 16 heavy (non-hydrogen) atoms. The monoisotopic (exact) mass is 242 g/mol. The van der Waals surface area contributed by atoms with Crippen molar-refractivity contribution in [2.24, 2.45) is 5.73 Å². The van der Waals surface area contributed by atoms with Gasteiger partial charge in [-0.2, -0.15) is 13.2 Å². The number of carboxylic acid groups (broad SMARTS) is 1. The summed E-state index contributed by atoms with van der Waals surface area (Å²) in [5.41, 5.74) is 3.94. The lowest BCUT2D eigenvalue weighted by Gasteiger charge is -2.30. The minimum absolute atomic E-state index is 0.0467. The van der Waals surface area contributed by atoms with E-state index in [0.29, 0.717) is 0 Å². The van der Waals surface area contributed by atoms with Crippen molar-refractivity contribution in [2.75, 3.05) is 13.6 Å². The third-order valence-corrected chi connectivity index (χ3v) is 2.39. The van der Waals surface area contributed by atoms with Gasteiger partial charge in [-0.1, -0.05) is 0 Å². The highest BCUT2D eigenvalue weighted by atomic mass is 19.4. The van der Waals surface area contributed by atoms with Crippen molar-refractivity contribution in [3.63, 3.8) is 0 Å². The van der Waals surface area contributed by atoms with Gasteiger partial charge in [-0.05, 0) is 27.3 Å². The Morgan fingerprint density at radius 1 is 1.50 bits per heavy atom. The van der Waals surface area contributed by atoms with E-state index in [1.54, 1.807) is 0 Å². The first kappa shape index (κ1) is 15.2. The molecule has 2 atom stereocenters. The Morgan fingerprint density at radius 3 is 2.25 bits per heavy atom. The number of hydrogen-bond acceptors (Lipinski definition) is 3. The van der Waals surface area contributed by atoms with Crippen molar-refractivity contribution in [1.82, 2.24) is 4.90 Å². The van der Waals surface area contributed by atoms with E-state index in [9.17, 15) is 18.0 Å². The molecule has 0 spiro atoms. The van der Waals surface area contributed by atoms with E-state index in [0.717, 1.165) is 4.90 Å². The zero-order chi connectivity index (χ0) is 13.1. The minimum atomic E-state index is -4.29. The molecule has 0 aromatic carbocycles. The third-order valence-electron chi connectivity index (χ3n) is 2.39. The third kappa shape index (κ3) is 5.32. The highest BCUT2D eigenvalue weighted by molar-refractivity contribution is 5.77. The van der Waals surface area contributed by atoms with Gasteiger partial charge < -0.3 is 10.8 Å².